The van der Waals surface area contributed by atoms with Crippen molar-refractivity contribution in [3.05, 3.63) is 80.4 Å². The number of carbonyl (C=O) groups excluding carboxylic acids is 1. The fraction of sp³-hybridized carbons (Fsp3) is 0.250. The predicted octanol–water partition coefficient (Wildman–Crippen LogP) is 4.86. The van der Waals surface area contributed by atoms with Crippen molar-refractivity contribution in [3.8, 4) is 0 Å². The minimum atomic E-state index is -0.419. The highest BCUT2D eigenvalue weighted by Gasteiger charge is 2.39. The van der Waals surface area contributed by atoms with Gasteiger partial charge in [0.05, 0.1) is 34.3 Å². The number of non-ortho nitro benzene ring substituents is 1. The Morgan fingerprint density at radius 1 is 1.30 bits per heavy atom. The first kappa shape index (κ1) is 17.5. The smallest absolute Gasteiger partial charge is 0.337 e. The van der Waals surface area contributed by atoms with Crippen molar-refractivity contribution in [2.45, 2.75) is 18.4 Å². The number of ether oxygens (including phenoxy) is 1. The third-order valence-electron chi connectivity index (χ3n) is 5.31. The van der Waals surface area contributed by atoms with Gasteiger partial charge in [-0.3, -0.25) is 10.1 Å². The van der Waals surface area contributed by atoms with Gasteiger partial charge in [0.25, 0.3) is 5.69 Å². The largest absolute Gasteiger partial charge is 0.465 e. The molecule has 0 aromatic heterocycles. The van der Waals surface area contributed by atoms with E-state index in [0.29, 0.717) is 10.6 Å². The molecule has 1 N–H and O–H groups in total. The number of esters is 1. The molecular formula is C20H17ClN2O4. The second-order valence-corrected chi connectivity index (χ2v) is 7.15. The van der Waals surface area contributed by atoms with Crippen LogP contribution in [0, 0.1) is 16.0 Å². The molecule has 0 amide bonds. The molecule has 0 radical (unpaired) electrons. The number of anilines is 1. The van der Waals surface area contributed by atoms with Crippen molar-refractivity contribution in [2.24, 2.45) is 5.92 Å². The summed E-state index contributed by atoms with van der Waals surface area (Å²) >= 11 is 6.37. The van der Waals surface area contributed by atoms with Gasteiger partial charge >= 0.3 is 5.97 Å². The van der Waals surface area contributed by atoms with Crippen molar-refractivity contribution in [2.75, 3.05) is 12.4 Å². The molecule has 0 spiro atoms. The summed E-state index contributed by atoms with van der Waals surface area (Å²) in [5, 5.41) is 15.0. The third-order valence-corrected chi connectivity index (χ3v) is 5.61. The molecule has 4 rings (SSSR count). The lowest BCUT2D eigenvalue weighted by Gasteiger charge is -2.37. The number of benzene rings is 2. The summed E-state index contributed by atoms with van der Waals surface area (Å²) in [5.74, 6) is -0.0947. The van der Waals surface area contributed by atoms with Crippen LogP contribution in [-0.4, -0.2) is 18.0 Å². The number of nitro benzene ring substituents is 1. The van der Waals surface area contributed by atoms with Crippen LogP contribution in [0.3, 0.4) is 0 Å². The summed E-state index contributed by atoms with van der Waals surface area (Å²) in [4.78, 5) is 22.4. The van der Waals surface area contributed by atoms with E-state index in [1.54, 1.807) is 18.2 Å². The number of methoxy groups -OCH3 is 1. The molecule has 1 aliphatic carbocycles. The average Bonchev–Trinajstić information content (AvgIpc) is 3.17. The summed E-state index contributed by atoms with van der Waals surface area (Å²) in [6, 6.07) is 10.3. The van der Waals surface area contributed by atoms with Gasteiger partial charge in [-0.25, -0.2) is 4.79 Å². The molecule has 1 heterocycles. The Labute approximate surface area is 160 Å². The zero-order valence-corrected chi connectivity index (χ0v) is 15.3. The Morgan fingerprint density at radius 2 is 2.04 bits per heavy atom. The van der Waals surface area contributed by atoms with E-state index >= 15 is 0 Å². The maximum absolute atomic E-state index is 11.7. The summed E-state index contributed by atoms with van der Waals surface area (Å²) in [7, 11) is 1.35. The Morgan fingerprint density at radius 3 is 2.70 bits per heavy atom. The second-order valence-electron chi connectivity index (χ2n) is 6.74. The van der Waals surface area contributed by atoms with E-state index in [9.17, 15) is 14.9 Å². The minimum Gasteiger partial charge on any atom is -0.465 e. The van der Waals surface area contributed by atoms with Crippen LogP contribution < -0.4 is 5.32 Å². The highest BCUT2D eigenvalue weighted by Crippen LogP contribution is 2.52. The van der Waals surface area contributed by atoms with Gasteiger partial charge in [0, 0.05) is 18.1 Å². The lowest BCUT2D eigenvalue weighted by molar-refractivity contribution is -0.384. The summed E-state index contributed by atoms with van der Waals surface area (Å²) < 4.78 is 4.75. The Bertz CT molecular complexity index is 955. The van der Waals surface area contributed by atoms with E-state index in [1.807, 2.05) is 12.1 Å². The molecule has 2 aromatic rings. The maximum atomic E-state index is 11.7. The summed E-state index contributed by atoms with van der Waals surface area (Å²) in [6.45, 7) is 0. The molecule has 0 saturated carbocycles. The molecule has 27 heavy (non-hydrogen) atoms. The van der Waals surface area contributed by atoms with E-state index in [2.05, 4.69) is 17.5 Å². The van der Waals surface area contributed by atoms with E-state index in [0.717, 1.165) is 23.2 Å². The van der Waals surface area contributed by atoms with Crippen LogP contribution in [0.1, 0.15) is 39.9 Å². The molecule has 0 bridgehead atoms. The molecule has 0 fully saturated rings. The van der Waals surface area contributed by atoms with Crippen molar-refractivity contribution in [3.63, 3.8) is 0 Å². The van der Waals surface area contributed by atoms with Crippen molar-refractivity contribution in [1.82, 2.24) is 0 Å². The third kappa shape index (κ3) is 2.96. The molecule has 7 heteroatoms. The number of halogens is 1. The summed E-state index contributed by atoms with van der Waals surface area (Å²) in [6.07, 6.45) is 5.07. The fourth-order valence-corrected chi connectivity index (χ4v) is 4.30. The van der Waals surface area contributed by atoms with E-state index < -0.39 is 4.92 Å². The van der Waals surface area contributed by atoms with Crippen molar-refractivity contribution in [1.29, 1.82) is 0 Å². The number of hydrogen-bond donors (Lipinski definition) is 1. The van der Waals surface area contributed by atoms with Gasteiger partial charge in [0.15, 0.2) is 0 Å². The fourth-order valence-electron chi connectivity index (χ4n) is 4.02. The van der Waals surface area contributed by atoms with Crippen molar-refractivity contribution >= 4 is 28.9 Å². The first-order valence-corrected chi connectivity index (χ1v) is 8.96. The number of nitrogens with zero attached hydrogens (tertiary/aromatic N) is 1. The Kier molecular flexibility index (Phi) is 4.36. The van der Waals surface area contributed by atoms with Crippen LogP contribution in [-0.2, 0) is 4.74 Å². The number of allylic oxidation sites excluding steroid dienone is 2. The monoisotopic (exact) mass is 384 g/mol. The molecule has 3 atom stereocenters. The Balaban J connectivity index is 1.74. The van der Waals surface area contributed by atoms with Crippen LogP contribution in [0.2, 0.25) is 5.02 Å². The van der Waals surface area contributed by atoms with Crippen LogP contribution in [0.25, 0.3) is 0 Å². The Hall–Kier alpha value is -2.86. The molecule has 138 valence electrons. The highest BCUT2D eigenvalue weighted by atomic mass is 35.5. The number of nitro groups is 1. The highest BCUT2D eigenvalue weighted by molar-refractivity contribution is 6.33. The van der Waals surface area contributed by atoms with Gasteiger partial charge in [-0.05, 0) is 35.6 Å². The molecule has 2 aromatic carbocycles. The zero-order valence-electron chi connectivity index (χ0n) is 14.5. The van der Waals surface area contributed by atoms with Crippen molar-refractivity contribution < 1.29 is 14.5 Å². The van der Waals surface area contributed by atoms with Gasteiger partial charge in [0.1, 0.15) is 0 Å². The first-order valence-electron chi connectivity index (χ1n) is 8.59. The van der Waals surface area contributed by atoms with Crippen LogP contribution >= 0.6 is 11.6 Å². The minimum absolute atomic E-state index is 0.000445. The quantitative estimate of drug-likeness (QED) is 0.353. The van der Waals surface area contributed by atoms with Gasteiger partial charge in [-0.2, -0.15) is 0 Å². The first-order chi connectivity index (χ1) is 13.0. The SMILES string of the molecule is COC(=O)c1ccc([C@@H]2Nc3c(Cl)cc([N+](=O)[O-])cc3[C@@H]3C=CC[C@@H]32)cc1. The zero-order chi connectivity index (χ0) is 19.1. The lowest BCUT2D eigenvalue weighted by Crippen LogP contribution is -2.29. The van der Waals surface area contributed by atoms with E-state index in [4.69, 9.17) is 16.3 Å². The van der Waals surface area contributed by atoms with Crippen LogP contribution in [0.5, 0.6) is 0 Å². The number of rotatable bonds is 3. The molecule has 0 unspecified atom stereocenters. The van der Waals surface area contributed by atoms with Crippen LogP contribution in [0.4, 0.5) is 11.4 Å². The van der Waals surface area contributed by atoms with Gasteiger partial charge in [0.2, 0.25) is 0 Å². The van der Waals surface area contributed by atoms with E-state index in [1.165, 1.54) is 13.2 Å². The maximum Gasteiger partial charge on any atom is 0.337 e. The van der Waals surface area contributed by atoms with Crippen LogP contribution in [0.15, 0.2) is 48.6 Å². The molecule has 2 aliphatic rings. The topological polar surface area (TPSA) is 81.5 Å². The number of carbonyl (C=O) groups is 1. The number of hydrogen-bond acceptors (Lipinski definition) is 5. The van der Waals surface area contributed by atoms with Gasteiger partial charge < -0.3 is 10.1 Å². The molecule has 1 aliphatic heterocycles. The molecular weight excluding hydrogens is 368 g/mol. The normalized spacial score (nSPS) is 22.5. The molecule has 0 saturated heterocycles. The van der Waals surface area contributed by atoms with E-state index in [-0.39, 0.29) is 29.5 Å². The number of nitrogens with one attached hydrogen (secondary N) is 1. The standard InChI is InChI=1S/C20H17ClN2O4/c1-27-20(24)12-7-5-11(6-8-12)18-15-4-2-3-14(15)16-9-13(23(25)26)10-17(21)19(16)22-18/h2-3,5-10,14-15,18,22H,4H2,1H3/t14-,15+,18+/m1/s1. The molecule has 6 nitrogen and oxygen atoms in total. The summed E-state index contributed by atoms with van der Waals surface area (Å²) in [5.41, 5.74) is 3.11. The number of fused-ring (bicyclic) bond motifs is 3. The second kappa shape index (κ2) is 6.70. The lowest BCUT2D eigenvalue weighted by atomic mass is 9.77. The van der Waals surface area contributed by atoms with Gasteiger partial charge in [-0.15, -0.1) is 0 Å². The average molecular weight is 385 g/mol. The van der Waals surface area contributed by atoms with Gasteiger partial charge in [-0.1, -0.05) is 35.9 Å². The predicted molar refractivity (Wildman–Crippen MR) is 102 cm³/mol.